The average Bonchev–Trinajstić information content (AvgIpc) is 2.92. The van der Waals surface area contributed by atoms with Crippen LogP contribution in [-0.2, 0) is 0 Å². The van der Waals surface area contributed by atoms with E-state index in [1.54, 1.807) is 12.4 Å². The van der Waals surface area contributed by atoms with Crippen LogP contribution in [0, 0.1) is 0 Å². The quantitative estimate of drug-likeness (QED) is 0.812. The van der Waals surface area contributed by atoms with E-state index in [4.69, 9.17) is 0 Å². The van der Waals surface area contributed by atoms with Gasteiger partial charge in [-0.25, -0.2) is 4.79 Å². The number of fused-ring (bicyclic) bond motifs is 2. The van der Waals surface area contributed by atoms with Gasteiger partial charge in [0.2, 0.25) is 0 Å². The second kappa shape index (κ2) is 3.85. The fourth-order valence-electron chi connectivity index (χ4n) is 2.62. The minimum absolute atomic E-state index is 0.148. The summed E-state index contributed by atoms with van der Waals surface area (Å²) >= 11 is 3.27. The van der Waals surface area contributed by atoms with Gasteiger partial charge in [-0.3, -0.25) is 0 Å². The van der Waals surface area contributed by atoms with Crippen LogP contribution in [0.25, 0.3) is 0 Å². The molecule has 0 saturated carbocycles. The van der Waals surface area contributed by atoms with Gasteiger partial charge < -0.3 is 10.6 Å². The number of nitrogens with one attached hydrogen (secondary N) is 2. The maximum atomic E-state index is 11.8. The van der Waals surface area contributed by atoms with Gasteiger partial charge in [-0.15, -0.1) is 0 Å². The van der Waals surface area contributed by atoms with Crippen LogP contribution in [0.15, 0.2) is 16.9 Å². The summed E-state index contributed by atoms with van der Waals surface area (Å²) in [6, 6.07) is 1.16. The molecule has 5 nitrogen and oxygen atoms in total. The van der Waals surface area contributed by atoms with Gasteiger partial charge in [-0.05, 0) is 35.2 Å². The monoisotopic (exact) mass is 284 g/mol. The maximum absolute atomic E-state index is 11.8. The summed E-state index contributed by atoms with van der Waals surface area (Å²) in [5.41, 5.74) is 0. The summed E-state index contributed by atoms with van der Waals surface area (Å²) < 4.78 is 2.14. The van der Waals surface area contributed by atoms with Crippen LogP contribution < -0.4 is 10.6 Å². The molecule has 86 valence electrons. The van der Waals surface area contributed by atoms with Gasteiger partial charge in [0, 0.05) is 24.3 Å². The first-order valence-electron chi connectivity index (χ1n) is 5.49. The minimum Gasteiger partial charge on any atom is -0.332 e. The van der Waals surface area contributed by atoms with E-state index in [0.29, 0.717) is 12.1 Å². The average molecular weight is 285 g/mol. The lowest BCUT2D eigenvalue weighted by Gasteiger charge is -2.20. The number of carbonyl (C=O) groups is 1. The van der Waals surface area contributed by atoms with Gasteiger partial charge in [0.15, 0.2) is 0 Å². The largest absolute Gasteiger partial charge is 0.342 e. The third kappa shape index (κ3) is 1.76. The van der Waals surface area contributed by atoms with Gasteiger partial charge in [-0.2, -0.15) is 9.78 Å². The van der Waals surface area contributed by atoms with Gasteiger partial charge in [0.1, 0.15) is 0 Å². The molecule has 3 atom stereocenters. The van der Waals surface area contributed by atoms with Crippen molar-refractivity contribution in [3.63, 3.8) is 0 Å². The number of hydrogen-bond acceptors (Lipinski definition) is 3. The zero-order valence-electron chi connectivity index (χ0n) is 8.69. The maximum Gasteiger partial charge on any atom is 0.342 e. The molecule has 2 N–H and O–H groups in total. The van der Waals surface area contributed by atoms with Crippen molar-refractivity contribution in [2.75, 3.05) is 0 Å². The Kier molecular flexibility index (Phi) is 2.48. The predicted octanol–water partition coefficient (Wildman–Crippen LogP) is 1.10. The molecule has 2 saturated heterocycles. The fraction of sp³-hybridized carbons (Fsp3) is 0.600. The van der Waals surface area contributed by atoms with Crippen LogP contribution in [0.4, 0.5) is 4.79 Å². The standard InChI is InChI=1S/C10H13BrN4O/c11-6-4-12-15(5-6)10(16)14-9-3-7-1-2-8(9)13-7/h4-5,7-9,13H,1-3H2,(H,14,16)/t7-,8+,9-/m1/s1. The van der Waals surface area contributed by atoms with Crippen molar-refractivity contribution in [1.82, 2.24) is 20.4 Å². The Labute approximate surface area is 102 Å². The molecule has 16 heavy (non-hydrogen) atoms. The molecule has 1 aromatic rings. The van der Waals surface area contributed by atoms with Crippen molar-refractivity contribution in [1.29, 1.82) is 0 Å². The number of rotatable bonds is 1. The molecule has 2 aliphatic rings. The summed E-state index contributed by atoms with van der Waals surface area (Å²) in [6.45, 7) is 0. The van der Waals surface area contributed by atoms with Crippen molar-refractivity contribution in [3.8, 4) is 0 Å². The van der Waals surface area contributed by atoms with Crippen LogP contribution in [-0.4, -0.2) is 33.9 Å². The summed E-state index contributed by atoms with van der Waals surface area (Å²) in [7, 11) is 0. The topological polar surface area (TPSA) is 59.0 Å². The predicted molar refractivity (Wildman–Crippen MR) is 62.2 cm³/mol. The minimum atomic E-state index is -0.148. The lowest BCUT2D eigenvalue weighted by molar-refractivity contribution is 0.233. The molecule has 2 aliphatic heterocycles. The van der Waals surface area contributed by atoms with E-state index in [9.17, 15) is 4.79 Å². The lowest BCUT2D eigenvalue weighted by atomic mass is 9.96. The number of amides is 1. The van der Waals surface area contributed by atoms with Gasteiger partial charge in [0.05, 0.1) is 10.7 Å². The van der Waals surface area contributed by atoms with Crippen molar-refractivity contribution < 1.29 is 4.79 Å². The van der Waals surface area contributed by atoms with Gasteiger partial charge in [-0.1, -0.05) is 0 Å². The molecule has 0 aromatic carbocycles. The van der Waals surface area contributed by atoms with Crippen LogP contribution in [0.1, 0.15) is 19.3 Å². The van der Waals surface area contributed by atoms with Crippen LogP contribution in [0.2, 0.25) is 0 Å². The Hall–Kier alpha value is -0.880. The molecular formula is C10H13BrN4O. The van der Waals surface area contributed by atoms with E-state index in [2.05, 4.69) is 31.7 Å². The Balaban J connectivity index is 1.65. The zero-order valence-corrected chi connectivity index (χ0v) is 10.3. The molecule has 1 aromatic heterocycles. The highest BCUT2D eigenvalue weighted by atomic mass is 79.9. The smallest absolute Gasteiger partial charge is 0.332 e. The number of nitrogens with zero attached hydrogens (tertiary/aromatic N) is 2. The lowest BCUT2D eigenvalue weighted by Crippen LogP contribution is -2.44. The first-order chi connectivity index (χ1) is 7.72. The summed E-state index contributed by atoms with van der Waals surface area (Å²) in [6.07, 6.45) is 6.72. The van der Waals surface area contributed by atoms with Crippen molar-refractivity contribution >= 4 is 22.0 Å². The van der Waals surface area contributed by atoms with Gasteiger partial charge in [0.25, 0.3) is 0 Å². The van der Waals surface area contributed by atoms with Crippen LogP contribution >= 0.6 is 15.9 Å². The molecule has 0 radical (unpaired) electrons. The van der Waals surface area contributed by atoms with E-state index < -0.39 is 0 Å². The molecule has 0 aliphatic carbocycles. The van der Waals surface area contributed by atoms with E-state index in [1.165, 1.54) is 17.5 Å². The Morgan fingerprint density at radius 3 is 3.06 bits per heavy atom. The summed E-state index contributed by atoms with van der Waals surface area (Å²) in [5.74, 6) is 0. The Morgan fingerprint density at radius 2 is 2.50 bits per heavy atom. The molecule has 3 heterocycles. The van der Waals surface area contributed by atoms with Gasteiger partial charge >= 0.3 is 6.03 Å². The molecule has 2 fully saturated rings. The van der Waals surface area contributed by atoms with Crippen molar-refractivity contribution in [3.05, 3.63) is 16.9 Å². The molecule has 3 rings (SSSR count). The zero-order chi connectivity index (χ0) is 11.1. The first kappa shape index (κ1) is 10.3. The SMILES string of the molecule is O=C(N[C@@H]1C[C@H]2CC[C@@H]1N2)n1cc(Br)cn1. The van der Waals surface area contributed by atoms with Crippen molar-refractivity contribution in [2.45, 2.75) is 37.4 Å². The number of aromatic nitrogens is 2. The fourth-order valence-corrected chi connectivity index (χ4v) is 2.91. The molecule has 1 amide bonds. The molecule has 2 bridgehead atoms. The summed E-state index contributed by atoms with van der Waals surface area (Å²) in [5, 5.41) is 10.5. The highest BCUT2D eigenvalue weighted by molar-refractivity contribution is 9.10. The highest BCUT2D eigenvalue weighted by Crippen LogP contribution is 2.28. The van der Waals surface area contributed by atoms with E-state index in [-0.39, 0.29) is 12.1 Å². The van der Waals surface area contributed by atoms with E-state index >= 15 is 0 Å². The Morgan fingerprint density at radius 1 is 1.62 bits per heavy atom. The van der Waals surface area contributed by atoms with E-state index in [0.717, 1.165) is 10.9 Å². The third-order valence-corrected chi connectivity index (χ3v) is 3.78. The molecule has 0 spiro atoms. The normalized spacial score (nSPS) is 31.9. The number of carbonyl (C=O) groups excluding carboxylic acids is 1. The van der Waals surface area contributed by atoms with Crippen LogP contribution in [0.3, 0.4) is 0 Å². The van der Waals surface area contributed by atoms with Crippen LogP contribution in [0.5, 0.6) is 0 Å². The number of halogens is 1. The Bertz CT molecular complexity index is 419. The molecule has 0 unspecified atom stereocenters. The second-order valence-electron chi connectivity index (χ2n) is 4.44. The molecule has 6 heteroatoms. The third-order valence-electron chi connectivity index (χ3n) is 3.37. The molecular weight excluding hydrogens is 272 g/mol. The summed E-state index contributed by atoms with van der Waals surface area (Å²) in [4.78, 5) is 11.8. The first-order valence-corrected chi connectivity index (χ1v) is 6.29. The van der Waals surface area contributed by atoms with E-state index in [1.807, 2.05) is 0 Å². The second-order valence-corrected chi connectivity index (χ2v) is 5.36. The van der Waals surface area contributed by atoms with Crippen molar-refractivity contribution in [2.24, 2.45) is 0 Å². The highest BCUT2D eigenvalue weighted by Gasteiger charge is 2.39. The number of hydrogen-bond donors (Lipinski definition) is 2.